The molecule has 2 heterocycles. The molecule has 0 bridgehead atoms. The van der Waals surface area contributed by atoms with Crippen LogP contribution in [-0.2, 0) is 4.79 Å². The predicted octanol–water partition coefficient (Wildman–Crippen LogP) is 4.04. The molecule has 0 radical (unpaired) electrons. The lowest BCUT2D eigenvalue weighted by Crippen LogP contribution is -2.23. The summed E-state index contributed by atoms with van der Waals surface area (Å²) < 4.78 is 0. The first kappa shape index (κ1) is 15.8. The molecule has 118 valence electrons. The molecular formula is C16H15ClN4OS. The molecule has 5 nitrogen and oxygen atoms in total. The van der Waals surface area contributed by atoms with Crippen LogP contribution in [0.25, 0.3) is 11.0 Å². The van der Waals surface area contributed by atoms with E-state index in [1.165, 1.54) is 18.0 Å². The Bertz CT molecular complexity index is 847. The van der Waals surface area contributed by atoms with E-state index in [0.29, 0.717) is 10.8 Å². The van der Waals surface area contributed by atoms with Crippen molar-refractivity contribution < 1.29 is 4.79 Å². The van der Waals surface area contributed by atoms with Gasteiger partial charge in [0, 0.05) is 6.20 Å². The number of hydrogen-bond acceptors (Lipinski definition) is 4. The van der Waals surface area contributed by atoms with Crippen molar-refractivity contribution in [2.75, 3.05) is 5.32 Å². The van der Waals surface area contributed by atoms with Gasteiger partial charge < -0.3 is 10.3 Å². The van der Waals surface area contributed by atoms with Crippen LogP contribution in [0.1, 0.15) is 12.5 Å². The van der Waals surface area contributed by atoms with E-state index in [0.717, 1.165) is 21.8 Å². The van der Waals surface area contributed by atoms with Crippen LogP contribution < -0.4 is 5.32 Å². The van der Waals surface area contributed by atoms with E-state index in [1.807, 2.05) is 32.0 Å². The highest BCUT2D eigenvalue weighted by Crippen LogP contribution is 2.24. The number of benzene rings is 1. The van der Waals surface area contributed by atoms with Crippen molar-refractivity contribution in [1.82, 2.24) is 15.0 Å². The van der Waals surface area contributed by atoms with Gasteiger partial charge in [-0.15, -0.1) is 0 Å². The van der Waals surface area contributed by atoms with E-state index in [2.05, 4.69) is 20.3 Å². The number of carbonyl (C=O) groups excluding carboxylic acids is 1. The fraction of sp³-hybridized carbons (Fsp3) is 0.188. The normalized spacial score (nSPS) is 12.3. The van der Waals surface area contributed by atoms with E-state index >= 15 is 0 Å². The number of thioether (sulfide) groups is 1. The number of aryl methyl sites for hydroxylation is 1. The van der Waals surface area contributed by atoms with Gasteiger partial charge in [0.1, 0.15) is 5.82 Å². The third kappa shape index (κ3) is 3.83. The minimum absolute atomic E-state index is 0.138. The second kappa shape index (κ2) is 6.60. The zero-order valence-electron chi connectivity index (χ0n) is 12.6. The standard InChI is InChI=1S/C16H15ClN4OS/c1-9-3-5-12-13(7-9)20-16(19-12)23-10(2)15(22)21-14-6-4-11(17)8-18-14/h3-8,10H,1-2H3,(H,19,20)(H,18,21,22)/t10-/m0/s1. The quantitative estimate of drug-likeness (QED) is 0.699. The second-order valence-electron chi connectivity index (χ2n) is 5.17. The molecule has 2 N–H and O–H groups in total. The van der Waals surface area contributed by atoms with E-state index in [1.54, 1.807) is 12.1 Å². The zero-order chi connectivity index (χ0) is 16.4. The van der Waals surface area contributed by atoms with Crippen molar-refractivity contribution in [1.29, 1.82) is 0 Å². The van der Waals surface area contributed by atoms with Crippen LogP contribution >= 0.6 is 23.4 Å². The average Bonchev–Trinajstić information content (AvgIpc) is 2.90. The number of halogens is 1. The lowest BCUT2D eigenvalue weighted by Gasteiger charge is -2.09. The number of fused-ring (bicyclic) bond motifs is 1. The van der Waals surface area contributed by atoms with Gasteiger partial charge in [-0.2, -0.15) is 0 Å². The Kier molecular flexibility index (Phi) is 4.54. The first-order chi connectivity index (χ1) is 11.0. The van der Waals surface area contributed by atoms with Gasteiger partial charge in [0.25, 0.3) is 0 Å². The number of amides is 1. The lowest BCUT2D eigenvalue weighted by atomic mass is 10.2. The SMILES string of the molecule is Cc1ccc2nc(S[C@@H](C)C(=O)Nc3ccc(Cl)cn3)[nH]c2c1. The molecule has 1 aromatic carbocycles. The molecule has 3 rings (SSSR count). The van der Waals surface area contributed by atoms with E-state index in [4.69, 9.17) is 11.6 Å². The number of H-pyrrole nitrogens is 1. The molecule has 23 heavy (non-hydrogen) atoms. The second-order valence-corrected chi connectivity index (χ2v) is 6.94. The third-order valence-corrected chi connectivity index (χ3v) is 4.46. The fourth-order valence-corrected chi connectivity index (χ4v) is 2.99. The molecule has 1 atom stereocenters. The maximum atomic E-state index is 12.2. The lowest BCUT2D eigenvalue weighted by molar-refractivity contribution is -0.115. The van der Waals surface area contributed by atoms with Gasteiger partial charge in [-0.05, 0) is 43.7 Å². The molecule has 0 aliphatic rings. The number of hydrogen-bond donors (Lipinski definition) is 2. The summed E-state index contributed by atoms with van der Waals surface area (Å²) in [6.45, 7) is 3.86. The number of carbonyl (C=O) groups is 1. The van der Waals surface area contributed by atoms with Crippen LogP contribution in [-0.4, -0.2) is 26.1 Å². The molecule has 0 aliphatic carbocycles. The Morgan fingerprint density at radius 3 is 2.91 bits per heavy atom. The van der Waals surface area contributed by atoms with Gasteiger partial charge in [-0.3, -0.25) is 4.79 Å². The van der Waals surface area contributed by atoms with E-state index in [-0.39, 0.29) is 11.2 Å². The molecule has 0 unspecified atom stereocenters. The van der Waals surface area contributed by atoms with Crippen molar-refractivity contribution in [2.45, 2.75) is 24.3 Å². The van der Waals surface area contributed by atoms with Crippen molar-refractivity contribution in [3.63, 3.8) is 0 Å². The molecule has 0 fully saturated rings. The Labute approximate surface area is 142 Å². The number of nitrogens with zero attached hydrogens (tertiary/aromatic N) is 2. The first-order valence-electron chi connectivity index (χ1n) is 7.07. The van der Waals surface area contributed by atoms with Gasteiger partial charge in [0.15, 0.2) is 5.16 Å². The molecule has 1 amide bonds. The number of anilines is 1. The summed E-state index contributed by atoms with van der Waals surface area (Å²) in [4.78, 5) is 24.0. The van der Waals surface area contributed by atoms with Crippen LogP contribution in [0.4, 0.5) is 5.82 Å². The number of nitrogens with one attached hydrogen (secondary N) is 2. The summed E-state index contributed by atoms with van der Waals surface area (Å²) in [5, 5.41) is 3.70. The summed E-state index contributed by atoms with van der Waals surface area (Å²) in [5.41, 5.74) is 3.03. The first-order valence-corrected chi connectivity index (χ1v) is 8.32. The fourth-order valence-electron chi connectivity index (χ4n) is 2.05. The average molecular weight is 347 g/mol. The number of aromatic amines is 1. The van der Waals surface area contributed by atoms with Crippen molar-refractivity contribution in [3.8, 4) is 0 Å². The molecule has 0 aliphatic heterocycles. The Hall–Kier alpha value is -2.05. The number of aromatic nitrogens is 3. The van der Waals surface area contributed by atoms with Crippen LogP contribution in [0, 0.1) is 6.92 Å². The Balaban J connectivity index is 1.68. The molecular weight excluding hydrogens is 332 g/mol. The number of pyridine rings is 1. The summed E-state index contributed by atoms with van der Waals surface area (Å²) in [6, 6.07) is 9.37. The minimum atomic E-state index is -0.311. The number of imidazole rings is 1. The van der Waals surface area contributed by atoms with Crippen molar-refractivity contribution >= 4 is 46.1 Å². The topological polar surface area (TPSA) is 70.7 Å². The van der Waals surface area contributed by atoms with Crippen molar-refractivity contribution in [2.24, 2.45) is 0 Å². The van der Waals surface area contributed by atoms with Crippen LogP contribution in [0.15, 0.2) is 41.7 Å². The largest absolute Gasteiger partial charge is 0.333 e. The van der Waals surface area contributed by atoms with E-state index in [9.17, 15) is 4.79 Å². The maximum Gasteiger partial charge on any atom is 0.238 e. The highest BCUT2D eigenvalue weighted by molar-refractivity contribution is 8.00. The van der Waals surface area contributed by atoms with Gasteiger partial charge in [-0.25, -0.2) is 9.97 Å². The number of rotatable bonds is 4. The summed E-state index contributed by atoms with van der Waals surface area (Å²) in [5.74, 6) is 0.341. The minimum Gasteiger partial charge on any atom is -0.333 e. The Morgan fingerprint density at radius 2 is 2.17 bits per heavy atom. The molecule has 0 saturated carbocycles. The predicted molar refractivity (Wildman–Crippen MR) is 94.0 cm³/mol. The smallest absolute Gasteiger partial charge is 0.238 e. The monoisotopic (exact) mass is 346 g/mol. The van der Waals surface area contributed by atoms with Crippen LogP contribution in [0.5, 0.6) is 0 Å². The highest BCUT2D eigenvalue weighted by Gasteiger charge is 2.17. The molecule has 3 aromatic rings. The molecule has 0 spiro atoms. The van der Waals surface area contributed by atoms with Crippen LogP contribution in [0.2, 0.25) is 5.02 Å². The Morgan fingerprint density at radius 1 is 1.35 bits per heavy atom. The van der Waals surface area contributed by atoms with Crippen molar-refractivity contribution in [3.05, 3.63) is 47.1 Å². The molecule has 2 aromatic heterocycles. The molecule has 7 heteroatoms. The van der Waals surface area contributed by atoms with E-state index < -0.39 is 0 Å². The summed E-state index contributed by atoms with van der Waals surface area (Å²) in [7, 11) is 0. The molecule has 0 saturated heterocycles. The zero-order valence-corrected chi connectivity index (χ0v) is 14.2. The van der Waals surface area contributed by atoms with Gasteiger partial charge >= 0.3 is 0 Å². The third-order valence-electron chi connectivity index (χ3n) is 3.25. The van der Waals surface area contributed by atoms with Gasteiger partial charge in [-0.1, -0.05) is 29.4 Å². The summed E-state index contributed by atoms with van der Waals surface area (Å²) >= 11 is 7.15. The highest BCUT2D eigenvalue weighted by atomic mass is 35.5. The summed E-state index contributed by atoms with van der Waals surface area (Å²) in [6.07, 6.45) is 1.50. The van der Waals surface area contributed by atoms with Gasteiger partial charge in [0.05, 0.1) is 21.3 Å². The van der Waals surface area contributed by atoms with Crippen LogP contribution in [0.3, 0.4) is 0 Å². The van der Waals surface area contributed by atoms with Gasteiger partial charge in [0.2, 0.25) is 5.91 Å². The maximum absolute atomic E-state index is 12.2.